The Hall–Kier alpha value is -2.89. The summed E-state index contributed by atoms with van der Waals surface area (Å²) in [6.07, 6.45) is 3.09. The molecule has 25 heavy (non-hydrogen) atoms. The van der Waals surface area contributed by atoms with E-state index in [0.717, 1.165) is 19.3 Å². The Labute approximate surface area is 147 Å². The number of ether oxygens (including phenoxy) is 1. The first-order valence-electron chi connectivity index (χ1n) is 8.34. The molecule has 2 N–H and O–H groups in total. The molecule has 1 heterocycles. The number of aromatic nitrogens is 1. The van der Waals surface area contributed by atoms with Gasteiger partial charge in [-0.3, -0.25) is 9.59 Å². The lowest BCUT2D eigenvalue weighted by Crippen LogP contribution is -2.26. The Morgan fingerprint density at radius 2 is 1.68 bits per heavy atom. The third-order valence-corrected chi connectivity index (χ3v) is 3.63. The third kappa shape index (κ3) is 5.60. The summed E-state index contributed by atoms with van der Waals surface area (Å²) in [6, 6.07) is 11.8. The maximum absolute atomic E-state index is 12.3. The first-order chi connectivity index (χ1) is 12.1. The van der Waals surface area contributed by atoms with E-state index < -0.39 is 0 Å². The first-order valence-corrected chi connectivity index (χ1v) is 8.34. The molecule has 0 saturated carbocycles. The normalized spacial score (nSPS) is 10.2. The van der Waals surface area contributed by atoms with E-state index in [9.17, 15) is 9.59 Å². The summed E-state index contributed by atoms with van der Waals surface area (Å²) in [5.74, 6) is 0.0684. The maximum Gasteiger partial charge on any atom is 0.274 e. The smallest absolute Gasteiger partial charge is 0.274 e. The lowest BCUT2D eigenvalue weighted by Gasteiger charge is -2.08. The topological polar surface area (TPSA) is 80.3 Å². The van der Waals surface area contributed by atoms with E-state index in [1.807, 2.05) is 0 Å². The maximum atomic E-state index is 12.3. The second kappa shape index (κ2) is 9.42. The molecular formula is C19H23N3O3. The van der Waals surface area contributed by atoms with Crippen molar-refractivity contribution in [3.8, 4) is 5.75 Å². The van der Waals surface area contributed by atoms with Crippen LogP contribution in [0.4, 0.5) is 5.69 Å². The molecule has 0 radical (unpaired) electrons. The van der Waals surface area contributed by atoms with E-state index in [4.69, 9.17) is 4.74 Å². The predicted octanol–water partition coefficient (Wildman–Crippen LogP) is 3.26. The number of hydrogen-bond donors (Lipinski definition) is 2. The highest BCUT2D eigenvalue weighted by molar-refractivity contribution is 6.03. The van der Waals surface area contributed by atoms with Crippen molar-refractivity contribution < 1.29 is 14.3 Å². The summed E-state index contributed by atoms with van der Waals surface area (Å²) >= 11 is 0. The fourth-order valence-corrected chi connectivity index (χ4v) is 2.22. The summed E-state index contributed by atoms with van der Waals surface area (Å²) in [6.45, 7) is 2.71. The molecule has 6 heteroatoms. The van der Waals surface area contributed by atoms with Gasteiger partial charge in [-0.05, 0) is 42.8 Å². The number of unbranched alkanes of at least 4 members (excludes halogenated alkanes) is 2. The quantitative estimate of drug-likeness (QED) is 0.722. The van der Waals surface area contributed by atoms with E-state index in [-0.39, 0.29) is 23.2 Å². The summed E-state index contributed by atoms with van der Waals surface area (Å²) in [5, 5.41) is 5.56. The number of nitrogens with zero attached hydrogens (tertiary/aromatic N) is 1. The van der Waals surface area contributed by atoms with Gasteiger partial charge in [0.05, 0.1) is 7.11 Å². The lowest BCUT2D eigenvalue weighted by atomic mass is 10.2. The number of nitrogens with one attached hydrogen (secondary N) is 2. The minimum absolute atomic E-state index is 0.192. The third-order valence-electron chi connectivity index (χ3n) is 3.63. The summed E-state index contributed by atoms with van der Waals surface area (Å²) in [7, 11) is 1.58. The average Bonchev–Trinajstić information content (AvgIpc) is 2.65. The van der Waals surface area contributed by atoms with Gasteiger partial charge in [-0.15, -0.1) is 0 Å². The molecule has 0 saturated heterocycles. The Kier molecular flexibility index (Phi) is 6.95. The average molecular weight is 341 g/mol. The number of methoxy groups -OCH3 is 1. The molecule has 0 bridgehead atoms. The highest BCUT2D eigenvalue weighted by atomic mass is 16.5. The molecule has 2 aromatic rings. The van der Waals surface area contributed by atoms with E-state index in [0.29, 0.717) is 18.0 Å². The van der Waals surface area contributed by atoms with Gasteiger partial charge >= 0.3 is 0 Å². The fourth-order valence-electron chi connectivity index (χ4n) is 2.22. The van der Waals surface area contributed by atoms with E-state index in [2.05, 4.69) is 22.5 Å². The number of amides is 2. The highest BCUT2D eigenvalue weighted by Gasteiger charge is 2.12. The molecule has 0 spiro atoms. The van der Waals surface area contributed by atoms with Crippen LogP contribution < -0.4 is 15.4 Å². The molecule has 0 atom stereocenters. The molecular weight excluding hydrogens is 318 g/mol. The van der Waals surface area contributed by atoms with Crippen LogP contribution in [0.5, 0.6) is 5.75 Å². The number of rotatable bonds is 8. The van der Waals surface area contributed by atoms with Crippen LogP contribution in [0.1, 0.15) is 47.2 Å². The van der Waals surface area contributed by atoms with Gasteiger partial charge in [0.25, 0.3) is 11.8 Å². The van der Waals surface area contributed by atoms with Crippen LogP contribution in [-0.4, -0.2) is 30.5 Å². The van der Waals surface area contributed by atoms with Crippen molar-refractivity contribution in [2.24, 2.45) is 0 Å². The number of carbonyl (C=O) groups is 2. The molecule has 0 aliphatic heterocycles. The molecule has 6 nitrogen and oxygen atoms in total. The predicted molar refractivity (Wildman–Crippen MR) is 97.0 cm³/mol. The number of pyridine rings is 1. The van der Waals surface area contributed by atoms with E-state index in [1.165, 1.54) is 0 Å². The number of anilines is 1. The standard InChI is InChI=1S/C19H23N3O3/c1-3-4-5-13-20-18(23)16-7-6-8-17(22-16)19(24)21-14-9-11-15(25-2)12-10-14/h6-12H,3-5,13H2,1-2H3,(H,20,23)(H,21,24). The Bertz CT molecular complexity index is 714. The van der Waals surface area contributed by atoms with Gasteiger partial charge in [-0.25, -0.2) is 4.98 Å². The van der Waals surface area contributed by atoms with Gasteiger partial charge in [-0.1, -0.05) is 25.8 Å². The van der Waals surface area contributed by atoms with E-state index >= 15 is 0 Å². The molecule has 132 valence electrons. The molecule has 2 amide bonds. The lowest BCUT2D eigenvalue weighted by molar-refractivity contribution is 0.0948. The van der Waals surface area contributed by atoms with Gasteiger partial charge in [-0.2, -0.15) is 0 Å². The number of hydrogen-bond acceptors (Lipinski definition) is 4. The zero-order valence-corrected chi connectivity index (χ0v) is 14.5. The Balaban J connectivity index is 1.99. The van der Waals surface area contributed by atoms with Crippen LogP contribution in [0.3, 0.4) is 0 Å². The van der Waals surface area contributed by atoms with Crippen molar-refractivity contribution in [2.45, 2.75) is 26.2 Å². The van der Waals surface area contributed by atoms with Crippen molar-refractivity contribution in [1.82, 2.24) is 10.3 Å². The highest BCUT2D eigenvalue weighted by Crippen LogP contribution is 2.15. The van der Waals surface area contributed by atoms with Crippen LogP contribution in [0.2, 0.25) is 0 Å². The summed E-state index contributed by atoms with van der Waals surface area (Å²) in [4.78, 5) is 28.6. The van der Waals surface area contributed by atoms with Crippen molar-refractivity contribution >= 4 is 17.5 Å². The van der Waals surface area contributed by atoms with Gasteiger partial charge in [0.1, 0.15) is 17.1 Å². The molecule has 0 unspecified atom stereocenters. The van der Waals surface area contributed by atoms with Crippen molar-refractivity contribution in [3.63, 3.8) is 0 Å². The summed E-state index contributed by atoms with van der Waals surface area (Å²) < 4.78 is 5.08. The minimum atomic E-state index is -0.370. The first kappa shape index (κ1) is 18.4. The van der Waals surface area contributed by atoms with Crippen molar-refractivity contribution in [1.29, 1.82) is 0 Å². The van der Waals surface area contributed by atoms with Gasteiger partial charge in [0.15, 0.2) is 0 Å². The van der Waals surface area contributed by atoms with Crippen LogP contribution in [0, 0.1) is 0 Å². The summed E-state index contributed by atoms with van der Waals surface area (Å²) in [5.41, 5.74) is 1.05. The van der Waals surface area contributed by atoms with Gasteiger partial charge in [0.2, 0.25) is 0 Å². The van der Waals surface area contributed by atoms with Crippen LogP contribution in [0.15, 0.2) is 42.5 Å². The second-order valence-corrected chi connectivity index (χ2v) is 5.55. The minimum Gasteiger partial charge on any atom is -0.497 e. The molecule has 0 aliphatic rings. The molecule has 1 aromatic heterocycles. The van der Waals surface area contributed by atoms with Gasteiger partial charge < -0.3 is 15.4 Å². The zero-order chi connectivity index (χ0) is 18.1. The van der Waals surface area contributed by atoms with Crippen molar-refractivity contribution in [2.75, 3.05) is 19.0 Å². The monoisotopic (exact) mass is 341 g/mol. The van der Waals surface area contributed by atoms with Crippen LogP contribution in [0.25, 0.3) is 0 Å². The Morgan fingerprint density at radius 3 is 2.32 bits per heavy atom. The van der Waals surface area contributed by atoms with Crippen LogP contribution >= 0.6 is 0 Å². The van der Waals surface area contributed by atoms with Crippen LogP contribution in [-0.2, 0) is 0 Å². The molecule has 2 rings (SSSR count). The van der Waals surface area contributed by atoms with E-state index in [1.54, 1.807) is 49.6 Å². The van der Waals surface area contributed by atoms with Gasteiger partial charge in [0, 0.05) is 12.2 Å². The SMILES string of the molecule is CCCCCNC(=O)c1cccc(C(=O)Nc2ccc(OC)cc2)n1. The molecule has 1 aromatic carbocycles. The number of benzene rings is 1. The Morgan fingerprint density at radius 1 is 1.00 bits per heavy atom. The second-order valence-electron chi connectivity index (χ2n) is 5.55. The molecule has 0 fully saturated rings. The zero-order valence-electron chi connectivity index (χ0n) is 14.5. The van der Waals surface area contributed by atoms with Crippen molar-refractivity contribution in [3.05, 3.63) is 53.9 Å². The number of carbonyl (C=O) groups excluding carboxylic acids is 2. The fraction of sp³-hybridized carbons (Fsp3) is 0.316. The molecule has 0 aliphatic carbocycles. The largest absolute Gasteiger partial charge is 0.497 e.